The summed E-state index contributed by atoms with van der Waals surface area (Å²) in [5, 5.41) is 0. The zero-order valence-corrected chi connectivity index (χ0v) is 6.20. The summed E-state index contributed by atoms with van der Waals surface area (Å²) in [6.07, 6.45) is 0. The van der Waals surface area contributed by atoms with Crippen molar-refractivity contribution in [3.63, 3.8) is 0 Å². The summed E-state index contributed by atoms with van der Waals surface area (Å²) in [5.41, 5.74) is 11.0. The van der Waals surface area contributed by atoms with E-state index in [4.69, 9.17) is 11.1 Å². The first-order valence-corrected chi connectivity index (χ1v) is 2.13. The van der Waals surface area contributed by atoms with Gasteiger partial charge in [0.05, 0.1) is 0 Å². The van der Waals surface area contributed by atoms with Crippen LogP contribution in [0.2, 0.25) is 0 Å². The van der Waals surface area contributed by atoms with Gasteiger partial charge in [0, 0.05) is 0 Å². The van der Waals surface area contributed by atoms with Gasteiger partial charge < -0.3 is 11.1 Å². The van der Waals surface area contributed by atoms with E-state index in [2.05, 4.69) is 6.07 Å². The Kier molecular flexibility index (Phi) is 13.1. The molecule has 0 aliphatic heterocycles. The quantitative estimate of drug-likeness (QED) is 0.389. The Bertz CT molecular complexity index is 93.9. The molecule has 0 saturated heterocycles. The van der Waals surface area contributed by atoms with E-state index in [1.807, 2.05) is 30.3 Å². The van der Waals surface area contributed by atoms with Crippen LogP contribution in [0.3, 0.4) is 0 Å². The largest absolute Gasteiger partial charge is 2.00 e. The van der Waals surface area contributed by atoms with Gasteiger partial charge in [-0.15, -0.1) is 0 Å². The number of rotatable bonds is 0. The van der Waals surface area contributed by atoms with Crippen molar-refractivity contribution in [3.8, 4) is 0 Å². The maximum atomic E-state index is 6.25. The molecule has 0 amide bonds. The second kappa shape index (κ2) is 10.5. The maximum absolute atomic E-state index is 6.25. The van der Waals surface area contributed by atoms with Gasteiger partial charge in [-0.1, -0.05) is 0 Å². The van der Waals surface area contributed by atoms with Crippen molar-refractivity contribution in [2.75, 3.05) is 0 Å². The van der Waals surface area contributed by atoms with Crippen LogP contribution in [0.4, 0.5) is 0 Å². The average Bonchev–Trinajstić information content (AvgIpc) is 1.96. The number of hydrogen-bond acceptors (Lipinski definition) is 1. The maximum Gasteiger partial charge on any atom is 2.00 e. The zero-order valence-electron chi connectivity index (χ0n) is 4.65. The van der Waals surface area contributed by atoms with E-state index in [1.54, 1.807) is 0 Å². The fraction of sp³-hybridized carbons (Fsp3) is 0. The Balaban J connectivity index is 0. The van der Waals surface area contributed by atoms with Gasteiger partial charge in [0.2, 0.25) is 0 Å². The van der Waals surface area contributed by atoms with Gasteiger partial charge in [-0.25, -0.2) is 0 Å². The molecule has 0 saturated carbocycles. The smallest absolute Gasteiger partial charge is 0.715 e. The molecule has 0 aliphatic rings. The van der Waals surface area contributed by atoms with Crippen LogP contribution in [0.5, 0.6) is 0 Å². The standard InChI is InChI=1S/C6H5.HN2.Pd/c1-2-4-6-5-3-1;1-2;/h1-5H;1H;/q2*-1;+2. The molecule has 0 fully saturated rings. The third-order valence-corrected chi connectivity index (χ3v) is 0.607. The second-order valence-electron chi connectivity index (χ2n) is 1.08. The van der Waals surface area contributed by atoms with E-state index in [-0.39, 0.29) is 20.4 Å². The summed E-state index contributed by atoms with van der Waals surface area (Å²) >= 11 is 0. The van der Waals surface area contributed by atoms with E-state index in [0.717, 1.165) is 0 Å². The molecule has 2 nitrogen and oxygen atoms in total. The summed E-state index contributed by atoms with van der Waals surface area (Å²) < 4.78 is 0. The van der Waals surface area contributed by atoms with E-state index in [0.29, 0.717) is 0 Å². The van der Waals surface area contributed by atoms with Gasteiger partial charge in [-0.05, 0) is 0 Å². The third kappa shape index (κ3) is 7.48. The molecule has 50 valence electrons. The van der Waals surface area contributed by atoms with E-state index in [9.17, 15) is 0 Å². The molecule has 1 aromatic carbocycles. The molecule has 1 N–H and O–H groups in total. The predicted octanol–water partition coefficient (Wildman–Crippen LogP) is 2.07. The minimum atomic E-state index is 0. The molecular weight excluding hydrogens is 206 g/mol. The first kappa shape index (κ1) is 11.3. The van der Waals surface area contributed by atoms with Crippen molar-refractivity contribution < 1.29 is 20.4 Å². The van der Waals surface area contributed by atoms with E-state index >= 15 is 0 Å². The third-order valence-electron chi connectivity index (χ3n) is 0.607. The molecule has 1 aromatic rings. The van der Waals surface area contributed by atoms with Crippen molar-refractivity contribution in [3.05, 3.63) is 41.9 Å². The Hall–Kier alpha value is -0.518. The first-order chi connectivity index (χ1) is 4.00. The molecule has 0 heterocycles. The monoisotopic (exact) mass is 212 g/mol. The van der Waals surface area contributed by atoms with Crippen molar-refractivity contribution in [2.24, 2.45) is 0 Å². The topological polar surface area (TPSA) is 46.2 Å². The van der Waals surface area contributed by atoms with Gasteiger partial charge in [-0.3, -0.25) is 0 Å². The van der Waals surface area contributed by atoms with Crippen molar-refractivity contribution in [2.45, 2.75) is 0 Å². The summed E-state index contributed by atoms with van der Waals surface area (Å²) in [6, 6.07) is 12.5. The molecule has 0 aliphatic carbocycles. The number of hydrogen-bond donors (Lipinski definition) is 1. The van der Waals surface area contributed by atoms with Crippen molar-refractivity contribution in [1.82, 2.24) is 0 Å². The van der Waals surface area contributed by atoms with Crippen LogP contribution in [0.1, 0.15) is 0 Å². The number of nitrogens with zero attached hydrogens (tertiary/aromatic N) is 1. The average molecular weight is 213 g/mol. The SMILES string of the molecule is [N-]=N.[Pd+2].[c-]1ccccc1. The van der Waals surface area contributed by atoms with Gasteiger partial charge in [-0.2, -0.15) is 36.4 Å². The summed E-state index contributed by atoms with van der Waals surface area (Å²) in [6.45, 7) is 0. The van der Waals surface area contributed by atoms with Gasteiger partial charge in [0.25, 0.3) is 0 Å². The van der Waals surface area contributed by atoms with Gasteiger partial charge in [0.1, 0.15) is 0 Å². The van der Waals surface area contributed by atoms with Crippen LogP contribution in [0, 0.1) is 11.6 Å². The molecule has 3 heteroatoms. The number of benzene rings is 1. The van der Waals surface area contributed by atoms with Gasteiger partial charge >= 0.3 is 20.4 Å². The minimum Gasteiger partial charge on any atom is -0.715 e. The fourth-order valence-corrected chi connectivity index (χ4v) is 0.342. The molecule has 0 unspecified atom stereocenters. The van der Waals surface area contributed by atoms with E-state index < -0.39 is 0 Å². The second-order valence-corrected chi connectivity index (χ2v) is 1.08. The van der Waals surface area contributed by atoms with Crippen LogP contribution in [0.15, 0.2) is 30.3 Å². The van der Waals surface area contributed by atoms with Crippen LogP contribution >= 0.6 is 0 Å². The molecule has 0 bridgehead atoms. The zero-order chi connectivity index (χ0) is 6.24. The Morgan fingerprint density at radius 1 is 1.00 bits per heavy atom. The molecule has 9 heavy (non-hydrogen) atoms. The Morgan fingerprint density at radius 3 is 1.56 bits per heavy atom. The summed E-state index contributed by atoms with van der Waals surface area (Å²) in [5.74, 6) is 0. The van der Waals surface area contributed by atoms with Crippen LogP contribution in [-0.4, -0.2) is 0 Å². The van der Waals surface area contributed by atoms with Crippen LogP contribution in [0.25, 0.3) is 5.53 Å². The minimum absolute atomic E-state index is 0. The van der Waals surface area contributed by atoms with E-state index in [1.165, 1.54) is 0 Å². The van der Waals surface area contributed by atoms with Crippen molar-refractivity contribution >= 4 is 0 Å². The normalized spacial score (nSPS) is 5.78. The molecule has 0 aromatic heterocycles. The fourth-order valence-electron chi connectivity index (χ4n) is 0.342. The van der Waals surface area contributed by atoms with Crippen molar-refractivity contribution in [1.29, 1.82) is 5.53 Å². The molecule has 1 rings (SSSR count). The molecule has 0 radical (unpaired) electrons. The first-order valence-electron chi connectivity index (χ1n) is 2.13. The van der Waals surface area contributed by atoms with Crippen LogP contribution in [-0.2, 0) is 20.4 Å². The summed E-state index contributed by atoms with van der Waals surface area (Å²) in [4.78, 5) is 0. The van der Waals surface area contributed by atoms with Crippen LogP contribution < -0.4 is 0 Å². The number of nitrogens with one attached hydrogen (secondary N) is 1. The molecular formula is C6H6N2Pd. The Labute approximate surface area is 68.2 Å². The summed E-state index contributed by atoms with van der Waals surface area (Å²) in [7, 11) is 0. The predicted molar refractivity (Wildman–Crippen MR) is 31.4 cm³/mol. The molecule has 0 spiro atoms. The Morgan fingerprint density at radius 2 is 1.44 bits per heavy atom. The molecule has 0 atom stereocenters. The van der Waals surface area contributed by atoms with Gasteiger partial charge in [0.15, 0.2) is 0 Å².